The average Bonchev–Trinajstić information content (AvgIpc) is 2.44. The number of alkyl halides is 3. The van der Waals surface area contributed by atoms with Gasteiger partial charge in [-0.3, -0.25) is 4.79 Å². The number of hydrogen-bond acceptors (Lipinski definition) is 3. The topological polar surface area (TPSA) is 62.0 Å². The van der Waals surface area contributed by atoms with Crippen molar-refractivity contribution < 1.29 is 18.0 Å². The summed E-state index contributed by atoms with van der Waals surface area (Å²) in [6.07, 6.45) is -5.12. The lowest BCUT2D eigenvalue weighted by Gasteiger charge is -2.38. The van der Waals surface area contributed by atoms with Gasteiger partial charge in [-0.05, 0) is 31.2 Å². The summed E-state index contributed by atoms with van der Waals surface area (Å²) in [6, 6.07) is 4.93. The summed E-state index contributed by atoms with van der Waals surface area (Å²) in [5, 5.41) is 2.72. The predicted octanol–water partition coefficient (Wildman–Crippen LogP) is 3.44. The predicted molar refractivity (Wildman–Crippen MR) is 79.4 cm³/mol. The van der Waals surface area contributed by atoms with Gasteiger partial charge in [0.15, 0.2) is 5.41 Å². The maximum atomic E-state index is 13.9. The number of anilines is 2. The summed E-state index contributed by atoms with van der Waals surface area (Å²) < 4.78 is 41.8. The fraction of sp³-hybridized carbons (Fsp3) is 0.200. The van der Waals surface area contributed by atoms with Crippen LogP contribution < -0.4 is 10.9 Å². The fourth-order valence-corrected chi connectivity index (χ4v) is 3.03. The zero-order chi connectivity index (χ0) is 17.0. The minimum absolute atomic E-state index is 0.0145. The van der Waals surface area contributed by atoms with Gasteiger partial charge in [-0.25, -0.2) is 0 Å². The average molecular weight is 343 g/mol. The number of aryl methyl sites for hydroxylation is 1. The highest BCUT2D eigenvalue weighted by Crippen LogP contribution is 2.52. The second-order valence-corrected chi connectivity index (χ2v) is 5.75. The number of halogens is 4. The number of nitrogens with one attached hydrogen (secondary N) is 2. The number of carbonyl (C=O) groups excluding carboxylic acids is 1. The van der Waals surface area contributed by atoms with Crippen molar-refractivity contribution in [2.24, 2.45) is 0 Å². The van der Waals surface area contributed by atoms with E-state index in [1.165, 1.54) is 19.1 Å². The van der Waals surface area contributed by atoms with Crippen LogP contribution in [0, 0.1) is 6.92 Å². The third-order valence-corrected chi connectivity index (χ3v) is 4.12. The molecule has 0 bridgehead atoms. The van der Waals surface area contributed by atoms with E-state index in [2.05, 4.69) is 10.3 Å². The lowest BCUT2D eigenvalue weighted by molar-refractivity contribution is -0.177. The highest BCUT2D eigenvalue weighted by atomic mass is 35.5. The molecule has 0 saturated heterocycles. The van der Waals surface area contributed by atoms with Crippen LogP contribution in [-0.2, 0) is 10.2 Å². The molecule has 4 nitrogen and oxygen atoms in total. The van der Waals surface area contributed by atoms with Crippen LogP contribution >= 0.6 is 11.6 Å². The molecule has 1 aliphatic rings. The molecule has 3 rings (SSSR count). The second kappa shape index (κ2) is 4.86. The number of aldehydes is 1. The Morgan fingerprint density at radius 3 is 2.52 bits per heavy atom. The largest absolute Gasteiger partial charge is 0.409 e. The van der Waals surface area contributed by atoms with E-state index < -0.39 is 22.7 Å². The molecule has 2 heterocycles. The molecule has 1 unspecified atom stereocenters. The number of carbonyl (C=O) groups is 1. The SMILES string of the molecule is Cc1cc2c(c(=O)[nH]1)Nc1ccc(Cl)cc1C2(C=O)C(F)(F)F. The molecule has 0 saturated carbocycles. The number of H-pyrrole nitrogens is 1. The molecule has 8 heteroatoms. The molecule has 0 aliphatic carbocycles. The monoisotopic (exact) mass is 342 g/mol. The van der Waals surface area contributed by atoms with Crippen LogP contribution in [0.25, 0.3) is 0 Å². The molecule has 0 spiro atoms. The number of fused-ring (bicyclic) bond motifs is 2. The van der Waals surface area contributed by atoms with Crippen LogP contribution in [0.5, 0.6) is 0 Å². The molecular weight excluding hydrogens is 333 g/mol. The van der Waals surface area contributed by atoms with Gasteiger partial charge in [0.25, 0.3) is 5.56 Å². The quantitative estimate of drug-likeness (QED) is 0.780. The number of hydrogen-bond donors (Lipinski definition) is 2. The third kappa shape index (κ3) is 2.07. The van der Waals surface area contributed by atoms with E-state index in [9.17, 15) is 22.8 Å². The smallest absolute Gasteiger partial charge is 0.350 e. The molecule has 0 amide bonds. The van der Waals surface area contributed by atoms with Crippen molar-refractivity contribution in [1.29, 1.82) is 0 Å². The molecule has 0 radical (unpaired) electrons. The number of benzene rings is 1. The minimum Gasteiger partial charge on any atom is -0.350 e. The van der Waals surface area contributed by atoms with Crippen LogP contribution in [0.1, 0.15) is 16.8 Å². The Hall–Kier alpha value is -2.28. The van der Waals surface area contributed by atoms with Gasteiger partial charge in [-0.1, -0.05) is 11.6 Å². The molecule has 23 heavy (non-hydrogen) atoms. The standard InChI is InChI=1S/C15H10ClF3N2O2/c1-7-4-10-12(13(23)20-7)21-11-3-2-8(16)5-9(11)14(10,6-22)15(17,18)19/h2-6,21H,1H3,(H,20,23). The molecule has 2 N–H and O–H groups in total. The maximum Gasteiger partial charge on any atom is 0.409 e. The summed E-state index contributed by atoms with van der Waals surface area (Å²) in [5.41, 5.74) is -4.50. The molecular formula is C15H10ClF3N2O2. The zero-order valence-corrected chi connectivity index (χ0v) is 12.5. The Balaban J connectivity index is 2.50. The van der Waals surface area contributed by atoms with Crippen LogP contribution in [0.2, 0.25) is 5.02 Å². The number of pyridine rings is 1. The van der Waals surface area contributed by atoms with Crippen molar-refractivity contribution >= 4 is 29.3 Å². The maximum absolute atomic E-state index is 13.9. The van der Waals surface area contributed by atoms with Crippen LogP contribution in [0.4, 0.5) is 24.5 Å². The fourth-order valence-electron chi connectivity index (χ4n) is 2.85. The summed E-state index contributed by atoms with van der Waals surface area (Å²) in [7, 11) is 0. The van der Waals surface area contributed by atoms with Crippen LogP contribution in [0.3, 0.4) is 0 Å². The molecule has 1 aliphatic heterocycles. The Kier molecular flexibility index (Phi) is 3.30. The third-order valence-electron chi connectivity index (χ3n) is 3.88. The first-order chi connectivity index (χ1) is 10.7. The minimum atomic E-state index is -4.94. The van der Waals surface area contributed by atoms with Crippen molar-refractivity contribution in [3.8, 4) is 0 Å². The van der Waals surface area contributed by atoms with Crippen LogP contribution in [0.15, 0.2) is 29.1 Å². The van der Waals surface area contributed by atoms with E-state index in [1.807, 2.05) is 0 Å². The van der Waals surface area contributed by atoms with Crippen molar-refractivity contribution in [3.63, 3.8) is 0 Å². The molecule has 0 fully saturated rings. The summed E-state index contributed by atoms with van der Waals surface area (Å²) >= 11 is 5.82. The van der Waals surface area contributed by atoms with E-state index in [0.717, 1.165) is 12.1 Å². The summed E-state index contributed by atoms with van der Waals surface area (Å²) in [6.45, 7) is 1.45. The van der Waals surface area contributed by atoms with Gasteiger partial charge < -0.3 is 15.1 Å². The summed E-state index contributed by atoms with van der Waals surface area (Å²) in [4.78, 5) is 26.2. The van der Waals surface area contributed by atoms with Crippen molar-refractivity contribution in [3.05, 3.63) is 56.5 Å². The van der Waals surface area contributed by atoms with Gasteiger partial charge in [-0.2, -0.15) is 13.2 Å². The van der Waals surface area contributed by atoms with E-state index in [1.54, 1.807) is 0 Å². The Morgan fingerprint density at radius 1 is 1.22 bits per heavy atom. The van der Waals surface area contributed by atoms with E-state index >= 15 is 0 Å². The van der Waals surface area contributed by atoms with Gasteiger partial charge in [0.05, 0.1) is 0 Å². The van der Waals surface area contributed by atoms with E-state index in [-0.39, 0.29) is 33.9 Å². The van der Waals surface area contributed by atoms with Crippen molar-refractivity contribution in [2.45, 2.75) is 18.5 Å². The van der Waals surface area contributed by atoms with Gasteiger partial charge >= 0.3 is 6.18 Å². The lowest BCUT2D eigenvalue weighted by Crippen LogP contribution is -2.48. The summed E-state index contributed by atoms with van der Waals surface area (Å²) in [5.74, 6) is 0. The van der Waals surface area contributed by atoms with Gasteiger partial charge in [0.2, 0.25) is 0 Å². The van der Waals surface area contributed by atoms with Crippen molar-refractivity contribution in [2.75, 3.05) is 5.32 Å². The second-order valence-electron chi connectivity index (χ2n) is 5.31. The highest BCUT2D eigenvalue weighted by molar-refractivity contribution is 6.30. The normalized spacial score (nSPS) is 19.5. The number of aromatic amines is 1. The molecule has 1 aromatic carbocycles. The zero-order valence-electron chi connectivity index (χ0n) is 11.7. The molecule has 2 aromatic rings. The van der Waals surface area contributed by atoms with Gasteiger partial charge in [-0.15, -0.1) is 0 Å². The first-order valence-corrected chi connectivity index (χ1v) is 6.93. The Morgan fingerprint density at radius 2 is 1.91 bits per heavy atom. The Bertz CT molecular complexity index is 876. The number of rotatable bonds is 1. The van der Waals surface area contributed by atoms with E-state index in [4.69, 9.17) is 11.6 Å². The molecule has 1 atom stereocenters. The van der Waals surface area contributed by atoms with E-state index in [0.29, 0.717) is 0 Å². The molecule has 1 aromatic heterocycles. The van der Waals surface area contributed by atoms with Gasteiger partial charge in [0.1, 0.15) is 12.0 Å². The highest BCUT2D eigenvalue weighted by Gasteiger charge is 2.61. The Labute approximate surface area is 133 Å². The first kappa shape index (κ1) is 15.6. The van der Waals surface area contributed by atoms with Gasteiger partial charge in [0, 0.05) is 27.5 Å². The first-order valence-electron chi connectivity index (χ1n) is 6.55. The van der Waals surface area contributed by atoms with Crippen LogP contribution in [-0.4, -0.2) is 17.4 Å². The number of aromatic nitrogens is 1. The molecule has 120 valence electrons. The van der Waals surface area contributed by atoms with Crippen molar-refractivity contribution in [1.82, 2.24) is 4.98 Å². The lowest BCUT2D eigenvalue weighted by atomic mass is 9.71.